The van der Waals surface area contributed by atoms with Gasteiger partial charge in [0.05, 0.1) is 36.8 Å². The van der Waals surface area contributed by atoms with E-state index in [0.717, 1.165) is 30.9 Å². The van der Waals surface area contributed by atoms with E-state index < -0.39 is 11.6 Å². The molecule has 0 unspecified atom stereocenters. The molecule has 0 spiro atoms. The number of anilines is 3. The second kappa shape index (κ2) is 7.94. The molecule has 5 nitrogen and oxygen atoms in total. The summed E-state index contributed by atoms with van der Waals surface area (Å²) in [5.41, 5.74) is 1.70. The van der Waals surface area contributed by atoms with E-state index in [2.05, 4.69) is 15.5 Å². The molecule has 0 aliphatic carbocycles. The van der Waals surface area contributed by atoms with Crippen LogP contribution in [0, 0.1) is 11.6 Å². The van der Waals surface area contributed by atoms with E-state index in [1.165, 1.54) is 6.07 Å². The zero-order chi connectivity index (χ0) is 17.6. The van der Waals surface area contributed by atoms with Gasteiger partial charge in [-0.15, -0.1) is 0 Å². The predicted molar refractivity (Wildman–Crippen MR) is 93.0 cm³/mol. The quantitative estimate of drug-likeness (QED) is 0.873. The van der Waals surface area contributed by atoms with Crippen LogP contribution in [0.5, 0.6) is 0 Å². The molecule has 0 saturated carbocycles. The van der Waals surface area contributed by atoms with Crippen molar-refractivity contribution in [3.8, 4) is 0 Å². The first-order valence-corrected chi connectivity index (χ1v) is 8.04. The summed E-state index contributed by atoms with van der Waals surface area (Å²) in [5.74, 6) is -1.71. The van der Waals surface area contributed by atoms with Gasteiger partial charge in [-0.2, -0.15) is 0 Å². The monoisotopic (exact) mass is 347 g/mol. The minimum atomic E-state index is -0.735. The Bertz CT molecular complexity index is 749. The van der Waals surface area contributed by atoms with Crippen molar-refractivity contribution < 1.29 is 18.3 Å². The highest BCUT2D eigenvalue weighted by molar-refractivity contribution is 5.96. The lowest BCUT2D eigenvalue weighted by Crippen LogP contribution is -2.37. The number of carbonyl (C=O) groups is 1. The van der Waals surface area contributed by atoms with Crippen molar-refractivity contribution in [1.29, 1.82) is 0 Å². The molecule has 2 aromatic rings. The molecule has 0 aromatic heterocycles. The lowest BCUT2D eigenvalue weighted by molar-refractivity contribution is -0.114. The average molecular weight is 347 g/mol. The minimum absolute atomic E-state index is 0.0815. The van der Waals surface area contributed by atoms with Crippen molar-refractivity contribution in [3.05, 3.63) is 54.1 Å². The summed E-state index contributed by atoms with van der Waals surface area (Å²) in [4.78, 5) is 14.3. The van der Waals surface area contributed by atoms with E-state index >= 15 is 0 Å². The second-order valence-corrected chi connectivity index (χ2v) is 5.64. The number of rotatable bonds is 5. The SMILES string of the molecule is O=C(CNc1ccc(F)cc1F)Nc1ccccc1N1CCOCC1. The van der Waals surface area contributed by atoms with E-state index in [0.29, 0.717) is 18.9 Å². The number of hydrogen-bond acceptors (Lipinski definition) is 4. The summed E-state index contributed by atoms with van der Waals surface area (Å²) in [5, 5.41) is 5.50. The summed E-state index contributed by atoms with van der Waals surface area (Å²) in [6.07, 6.45) is 0. The van der Waals surface area contributed by atoms with Crippen molar-refractivity contribution in [2.45, 2.75) is 0 Å². The molecule has 1 heterocycles. The standard InChI is InChI=1S/C18H19F2N3O2/c19-13-5-6-15(14(20)11-13)21-12-18(24)22-16-3-1-2-4-17(16)23-7-9-25-10-8-23/h1-6,11,21H,7-10,12H2,(H,22,24). The van der Waals surface area contributed by atoms with Crippen LogP contribution >= 0.6 is 0 Å². The molecule has 25 heavy (non-hydrogen) atoms. The molecule has 1 aliphatic heterocycles. The van der Waals surface area contributed by atoms with Crippen molar-refractivity contribution in [2.24, 2.45) is 0 Å². The molecular formula is C18H19F2N3O2. The lowest BCUT2D eigenvalue weighted by Gasteiger charge is -2.30. The van der Waals surface area contributed by atoms with Gasteiger partial charge in [0.15, 0.2) is 0 Å². The van der Waals surface area contributed by atoms with E-state index in [9.17, 15) is 13.6 Å². The molecule has 7 heteroatoms. The number of para-hydroxylation sites is 2. The average Bonchev–Trinajstić information content (AvgIpc) is 2.62. The number of morpholine rings is 1. The van der Waals surface area contributed by atoms with Gasteiger partial charge in [0.25, 0.3) is 0 Å². The van der Waals surface area contributed by atoms with Crippen LogP contribution in [0.1, 0.15) is 0 Å². The molecule has 132 valence electrons. The highest BCUT2D eigenvalue weighted by Crippen LogP contribution is 2.26. The van der Waals surface area contributed by atoms with Gasteiger partial charge in [0.2, 0.25) is 5.91 Å². The molecule has 1 fully saturated rings. The Kier molecular flexibility index (Phi) is 5.45. The van der Waals surface area contributed by atoms with E-state index in [-0.39, 0.29) is 18.1 Å². The zero-order valence-corrected chi connectivity index (χ0v) is 13.6. The number of hydrogen-bond donors (Lipinski definition) is 2. The number of amides is 1. The third-order valence-electron chi connectivity index (χ3n) is 3.90. The predicted octanol–water partition coefficient (Wildman–Crippen LogP) is 2.85. The van der Waals surface area contributed by atoms with Gasteiger partial charge in [-0.3, -0.25) is 4.79 Å². The van der Waals surface area contributed by atoms with Gasteiger partial charge < -0.3 is 20.3 Å². The molecule has 2 N–H and O–H groups in total. The highest BCUT2D eigenvalue weighted by Gasteiger charge is 2.15. The van der Waals surface area contributed by atoms with Gasteiger partial charge >= 0.3 is 0 Å². The van der Waals surface area contributed by atoms with Crippen molar-refractivity contribution in [2.75, 3.05) is 48.4 Å². The van der Waals surface area contributed by atoms with Gasteiger partial charge in [-0.25, -0.2) is 8.78 Å². The van der Waals surface area contributed by atoms with Gasteiger partial charge in [0, 0.05) is 19.2 Å². The van der Waals surface area contributed by atoms with Crippen LogP contribution in [0.25, 0.3) is 0 Å². The molecule has 2 aromatic carbocycles. The van der Waals surface area contributed by atoms with Crippen LogP contribution in [-0.4, -0.2) is 38.8 Å². The summed E-state index contributed by atoms with van der Waals surface area (Å²) < 4.78 is 31.8. The Morgan fingerprint density at radius 3 is 2.60 bits per heavy atom. The third kappa shape index (κ3) is 4.45. The summed E-state index contributed by atoms with van der Waals surface area (Å²) in [7, 11) is 0. The fourth-order valence-electron chi connectivity index (χ4n) is 2.66. The Balaban J connectivity index is 1.63. The molecule has 3 rings (SSSR count). The summed E-state index contributed by atoms with van der Waals surface area (Å²) >= 11 is 0. The molecular weight excluding hydrogens is 328 g/mol. The number of carbonyl (C=O) groups excluding carboxylic acids is 1. The Labute approximate surface area is 144 Å². The number of nitrogens with zero attached hydrogens (tertiary/aromatic N) is 1. The summed E-state index contributed by atoms with van der Waals surface area (Å²) in [6, 6.07) is 10.7. The fourth-order valence-corrected chi connectivity index (χ4v) is 2.66. The maximum Gasteiger partial charge on any atom is 0.243 e. The smallest absolute Gasteiger partial charge is 0.243 e. The topological polar surface area (TPSA) is 53.6 Å². The number of ether oxygens (including phenoxy) is 1. The van der Waals surface area contributed by atoms with Crippen LogP contribution in [0.15, 0.2) is 42.5 Å². The van der Waals surface area contributed by atoms with Crippen LogP contribution < -0.4 is 15.5 Å². The van der Waals surface area contributed by atoms with Crippen molar-refractivity contribution in [1.82, 2.24) is 0 Å². The molecule has 0 radical (unpaired) electrons. The van der Waals surface area contributed by atoms with Gasteiger partial charge in [-0.1, -0.05) is 12.1 Å². The van der Waals surface area contributed by atoms with Crippen LogP contribution in [0.4, 0.5) is 25.8 Å². The highest BCUT2D eigenvalue weighted by atomic mass is 19.1. The van der Waals surface area contributed by atoms with Crippen molar-refractivity contribution in [3.63, 3.8) is 0 Å². The Morgan fingerprint density at radius 2 is 1.84 bits per heavy atom. The summed E-state index contributed by atoms with van der Waals surface area (Å²) in [6.45, 7) is 2.68. The first-order valence-electron chi connectivity index (χ1n) is 8.04. The minimum Gasteiger partial charge on any atom is -0.378 e. The van der Waals surface area contributed by atoms with E-state index in [1.807, 2.05) is 24.3 Å². The first-order chi connectivity index (χ1) is 12.1. The Morgan fingerprint density at radius 1 is 1.08 bits per heavy atom. The molecule has 0 bridgehead atoms. The maximum absolute atomic E-state index is 13.6. The largest absolute Gasteiger partial charge is 0.378 e. The Hall–Kier alpha value is -2.67. The first kappa shape index (κ1) is 17.2. The van der Waals surface area contributed by atoms with E-state index in [1.54, 1.807) is 0 Å². The molecule has 0 atom stereocenters. The van der Waals surface area contributed by atoms with E-state index in [4.69, 9.17) is 4.74 Å². The van der Waals surface area contributed by atoms with Crippen molar-refractivity contribution >= 4 is 23.0 Å². The third-order valence-corrected chi connectivity index (χ3v) is 3.90. The fraction of sp³-hybridized carbons (Fsp3) is 0.278. The van der Waals surface area contributed by atoms with Gasteiger partial charge in [-0.05, 0) is 24.3 Å². The molecule has 1 saturated heterocycles. The van der Waals surface area contributed by atoms with Crippen LogP contribution in [-0.2, 0) is 9.53 Å². The molecule has 1 aliphatic rings. The molecule has 1 amide bonds. The van der Waals surface area contributed by atoms with Crippen LogP contribution in [0.2, 0.25) is 0 Å². The van der Waals surface area contributed by atoms with Gasteiger partial charge in [0.1, 0.15) is 11.6 Å². The maximum atomic E-state index is 13.6. The normalized spacial score (nSPS) is 14.2. The second-order valence-electron chi connectivity index (χ2n) is 5.64. The number of nitrogens with one attached hydrogen (secondary N) is 2. The lowest BCUT2D eigenvalue weighted by atomic mass is 10.2. The van der Waals surface area contributed by atoms with Crippen LogP contribution in [0.3, 0.4) is 0 Å². The zero-order valence-electron chi connectivity index (χ0n) is 13.6. The number of halogens is 2. The number of benzene rings is 2.